The van der Waals surface area contributed by atoms with Crippen molar-refractivity contribution >= 4 is 50.7 Å². The van der Waals surface area contributed by atoms with E-state index in [2.05, 4.69) is 20.5 Å². The molecule has 4 heterocycles. The van der Waals surface area contributed by atoms with Gasteiger partial charge < -0.3 is 11.1 Å². The summed E-state index contributed by atoms with van der Waals surface area (Å²) in [7, 11) is 1.70. The molecule has 0 aromatic carbocycles. The Morgan fingerprint density at radius 1 is 1.27 bits per heavy atom. The molecule has 3 N–H and O–H groups in total. The van der Waals surface area contributed by atoms with Crippen LogP contribution in [0.1, 0.15) is 40.5 Å². The fourth-order valence-corrected chi connectivity index (χ4v) is 4.63. The number of pyridine rings is 1. The minimum absolute atomic E-state index is 0.00856. The molecule has 33 heavy (non-hydrogen) atoms. The second kappa shape index (κ2) is 8.52. The molecular weight excluding hydrogens is 476 g/mol. The molecule has 0 radical (unpaired) electrons. The first-order chi connectivity index (χ1) is 15.6. The van der Waals surface area contributed by atoms with E-state index < -0.39 is 30.0 Å². The highest BCUT2D eigenvalue weighted by Gasteiger charge is 2.27. The third kappa shape index (κ3) is 4.18. The van der Waals surface area contributed by atoms with E-state index in [0.717, 1.165) is 11.3 Å². The Hall–Kier alpha value is -3.38. The lowest BCUT2D eigenvalue weighted by atomic mass is 10.0. The summed E-state index contributed by atoms with van der Waals surface area (Å²) in [5.41, 5.74) is 6.69. The number of carbonyl (C=O) groups is 2. The van der Waals surface area contributed by atoms with Gasteiger partial charge in [-0.05, 0) is 25.5 Å². The molecule has 0 aliphatic heterocycles. The Kier molecular flexibility index (Phi) is 5.89. The third-order valence-corrected chi connectivity index (χ3v) is 6.32. The molecule has 0 bridgehead atoms. The molecule has 4 rings (SSSR count). The number of thiophene rings is 1. The lowest BCUT2D eigenvalue weighted by Crippen LogP contribution is -2.25. The second-order valence-corrected chi connectivity index (χ2v) is 8.79. The van der Waals surface area contributed by atoms with Crippen LogP contribution in [0, 0.1) is 6.92 Å². The smallest absolute Gasteiger partial charge is 0.280 e. The molecule has 9 nitrogen and oxygen atoms in total. The van der Waals surface area contributed by atoms with Crippen LogP contribution in [-0.2, 0) is 11.8 Å². The number of alkyl halides is 2. The molecule has 172 valence electrons. The average Bonchev–Trinajstić information content (AvgIpc) is 3.43. The summed E-state index contributed by atoms with van der Waals surface area (Å²) in [5, 5.41) is 11.7. The fourth-order valence-electron chi connectivity index (χ4n) is 3.47. The maximum Gasteiger partial charge on any atom is 0.280 e. The van der Waals surface area contributed by atoms with Gasteiger partial charge in [-0.15, -0.1) is 11.3 Å². The van der Waals surface area contributed by atoms with E-state index in [0.29, 0.717) is 27.2 Å². The highest BCUT2D eigenvalue weighted by molar-refractivity contribution is 7.21. The van der Waals surface area contributed by atoms with Crippen LogP contribution in [0.4, 0.5) is 14.5 Å². The summed E-state index contributed by atoms with van der Waals surface area (Å²) in [5.74, 6) is -1.33. The number of aryl methyl sites for hydroxylation is 2. The first-order valence-electron chi connectivity index (χ1n) is 9.63. The zero-order chi connectivity index (χ0) is 24.0. The minimum atomic E-state index is -2.84. The number of amides is 2. The Labute approximate surface area is 195 Å². The van der Waals surface area contributed by atoms with Crippen molar-refractivity contribution in [3.05, 3.63) is 45.9 Å². The highest BCUT2D eigenvalue weighted by Crippen LogP contribution is 2.43. The number of nitrogens with zero attached hydrogens (tertiary/aromatic N) is 5. The number of carbonyl (C=O) groups excluding carboxylic acids is 2. The van der Waals surface area contributed by atoms with E-state index in [4.69, 9.17) is 17.3 Å². The van der Waals surface area contributed by atoms with E-state index in [-0.39, 0.29) is 15.4 Å². The number of hydrogen-bond donors (Lipinski definition) is 2. The predicted octanol–water partition coefficient (Wildman–Crippen LogP) is 4.09. The van der Waals surface area contributed by atoms with Crippen LogP contribution in [-0.4, -0.2) is 36.4 Å². The molecule has 1 atom stereocenters. The van der Waals surface area contributed by atoms with Crippen LogP contribution in [0.3, 0.4) is 0 Å². The topological polar surface area (TPSA) is 121 Å². The molecule has 0 fully saturated rings. The molecule has 0 saturated heterocycles. The van der Waals surface area contributed by atoms with Crippen LogP contribution in [0.15, 0.2) is 24.7 Å². The van der Waals surface area contributed by atoms with Gasteiger partial charge in [0.05, 0.1) is 22.6 Å². The van der Waals surface area contributed by atoms with Gasteiger partial charge in [-0.3, -0.25) is 19.0 Å². The largest absolute Gasteiger partial charge is 0.365 e. The summed E-state index contributed by atoms with van der Waals surface area (Å²) in [6.07, 6.45) is 1.69. The molecule has 0 aliphatic rings. The zero-order valence-electron chi connectivity index (χ0n) is 17.6. The van der Waals surface area contributed by atoms with Crippen molar-refractivity contribution < 1.29 is 18.4 Å². The lowest BCUT2D eigenvalue weighted by molar-refractivity contribution is -0.119. The summed E-state index contributed by atoms with van der Waals surface area (Å²) in [4.78, 5) is 29.4. The molecule has 2 amide bonds. The number of halogens is 3. The van der Waals surface area contributed by atoms with E-state index in [9.17, 15) is 18.4 Å². The summed E-state index contributed by atoms with van der Waals surface area (Å²) >= 11 is 6.72. The first-order valence-corrected chi connectivity index (χ1v) is 10.8. The van der Waals surface area contributed by atoms with Crippen molar-refractivity contribution in [2.45, 2.75) is 26.3 Å². The standard InChI is InChI=1S/C20H18ClF2N7O2S/c1-8-12(7-29(3)28-8)11-4-13(17(22)23)26-20-14(11)15(16(33-20)18(24)31)27-19(32)9(2)30-6-10(21)5-25-30/h4-7,9,17H,1-3H3,(H2,24,31)(H,27,32). The molecular formula is C20H18ClF2N7O2S. The van der Waals surface area contributed by atoms with Crippen molar-refractivity contribution in [2.24, 2.45) is 12.8 Å². The second-order valence-electron chi connectivity index (χ2n) is 7.35. The van der Waals surface area contributed by atoms with E-state index in [1.807, 2.05) is 0 Å². The Morgan fingerprint density at radius 2 is 2.00 bits per heavy atom. The molecule has 13 heteroatoms. The summed E-state index contributed by atoms with van der Waals surface area (Å²) < 4.78 is 30.1. The van der Waals surface area contributed by atoms with Gasteiger partial charge in [0.15, 0.2) is 0 Å². The van der Waals surface area contributed by atoms with E-state index in [1.54, 1.807) is 31.8 Å². The van der Waals surface area contributed by atoms with Crippen molar-refractivity contribution in [2.75, 3.05) is 5.32 Å². The molecule has 4 aromatic heterocycles. The van der Waals surface area contributed by atoms with E-state index in [1.165, 1.54) is 23.1 Å². The van der Waals surface area contributed by atoms with Gasteiger partial charge in [0, 0.05) is 30.4 Å². The number of aromatic nitrogens is 5. The van der Waals surface area contributed by atoms with Gasteiger partial charge in [-0.25, -0.2) is 13.8 Å². The van der Waals surface area contributed by atoms with Gasteiger partial charge in [0.25, 0.3) is 12.3 Å². The summed E-state index contributed by atoms with van der Waals surface area (Å²) in [6, 6.07) is 0.450. The maximum absolute atomic E-state index is 13.6. The minimum Gasteiger partial charge on any atom is -0.365 e. The van der Waals surface area contributed by atoms with Gasteiger partial charge in [0.2, 0.25) is 5.91 Å². The molecule has 4 aromatic rings. The number of primary amides is 1. The first kappa shape index (κ1) is 22.8. The quantitative estimate of drug-likeness (QED) is 0.419. The highest BCUT2D eigenvalue weighted by atomic mass is 35.5. The van der Waals surface area contributed by atoms with E-state index >= 15 is 0 Å². The SMILES string of the molecule is Cc1nn(C)cc1-c1cc(C(F)F)nc2sc(C(N)=O)c(NC(=O)C(C)n3cc(Cl)cn3)c12. The number of nitrogens with two attached hydrogens (primary N) is 1. The van der Waals surface area contributed by atoms with Crippen LogP contribution >= 0.6 is 22.9 Å². The number of nitrogens with one attached hydrogen (secondary N) is 1. The predicted molar refractivity (Wildman–Crippen MR) is 121 cm³/mol. The van der Waals surface area contributed by atoms with Crippen molar-refractivity contribution in [3.63, 3.8) is 0 Å². The Balaban J connectivity index is 1.92. The number of anilines is 1. The molecule has 0 aliphatic carbocycles. The monoisotopic (exact) mass is 493 g/mol. The lowest BCUT2D eigenvalue weighted by Gasteiger charge is -2.14. The van der Waals surface area contributed by atoms with Crippen LogP contribution in [0.25, 0.3) is 21.3 Å². The van der Waals surface area contributed by atoms with Gasteiger partial charge >= 0.3 is 0 Å². The molecule has 1 unspecified atom stereocenters. The van der Waals surface area contributed by atoms with Crippen LogP contribution in [0.2, 0.25) is 5.02 Å². The number of fused-ring (bicyclic) bond motifs is 1. The molecule has 0 spiro atoms. The van der Waals surface area contributed by atoms with Gasteiger partial charge in [-0.2, -0.15) is 10.2 Å². The third-order valence-electron chi connectivity index (χ3n) is 5.03. The van der Waals surface area contributed by atoms with Crippen molar-refractivity contribution in [1.82, 2.24) is 24.5 Å². The number of hydrogen-bond acceptors (Lipinski definition) is 6. The average molecular weight is 494 g/mol. The van der Waals surface area contributed by atoms with Gasteiger partial charge in [0.1, 0.15) is 21.4 Å². The fraction of sp³-hybridized carbons (Fsp3) is 0.250. The summed E-state index contributed by atoms with van der Waals surface area (Å²) in [6.45, 7) is 3.32. The number of rotatable bonds is 6. The van der Waals surface area contributed by atoms with Crippen LogP contribution in [0.5, 0.6) is 0 Å². The Morgan fingerprint density at radius 3 is 2.55 bits per heavy atom. The normalized spacial score (nSPS) is 12.5. The van der Waals surface area contributed by atoms with Gasteiger partial charge in [-0.1, -0.05) is 11.6 Å². The van der Waals surface area contributed by atoms with Crippen molar-refractivity contribution in [3.8, 4) is 11.1 Å². The Bertz CT molecular complexity index is 1390. The molecule has 0 saturated carbocycles. The van der Waals surface area contributed by atoms with Crippen LogP contribution < -0.4 is 11.1 Å². The van der Waals surface area contributed by atoms with Crippen molar-refractivity contribution in [1.29, 1.82) is 0 Å². The zero-order valence-corrected chi connectivity index (χ0v) is 19.2. The maximum atomic E-state index is 13.6.